The van der Waals surface area contributed by atoms with Crippen molar-refractivity contribution in [3.8, 4) is 22.3 Å². The van der Waals surface area contributed by atoms with Gasteiger partial charge in [0.2, 0.25) is 0 Å². The Morgan fingerprint density at radius 3 is 1.12 bits per heavy atom. The maximum atomic E-state index is 6.14. The molecule has 7 aromatic carbocycles. The molecule has 2 heteroatoms. The number of furan rings is 2. The van der Waals surface area contributed by atoms with Crippen LogP contribution in [0.15, 0.2) is 142 Å². The van der Waals surface area contributed by atoms with E-state index < -0.39 is 0 Å². The van der Waals surface area contributed by atoms with Gasteiger partial charge in [-0.2, -0.15) is 0 Å². The van der Waals surface area contributed by atoms with Crippen molar-refractivity contribution in [3.05, 3.63) is 133 Å². The Labute approximate surface area is 229 Å². The molecule has 0 radical (unpaired) electrons. The third-order valence-corrected chi connectivity index (χ3v) is 8.26. The number of hydrogen-bond donors (Lipinski definition) is 0. The summed E-state index contributed by atoms with van der Waals surface area (Å²) in [4.78, 5) is 0. The number of rotatable bonds is 2. The third kappa shape index (κ3) is 3.17. The van der Waals surface area contributed by atoms with Gasteiger partial charge in [-0.3, -0.25) is 0 Å². The minimum atomic E-state index is 0.922. The molecule has 2 nitrogen and oxygen atoms in total. The molecule has 0 saturated carbocycles. The number of benzene rings is 7. The van der Waals surface area contributed by atoms with Gasteiger partial charge in [-0.15, -0.1) is 0 Å². The summed E-state index contributed by atoms with van der Waals surface area (Å²) >= 11 is 0. The lowest BCUT2D eigenvalue weighted by Crippen LogP contribution is -1.83. The predicted molar refractivity (Wildman–Crippen MR) is 167 cm³/mol. The van der Waals surface area contributed by atoms with Crippen LogP contribution in [0, 0.1) is 0 Å². The monoisotopic (exact) mass is 510 g/mol. The lowest BCUT2D eigenvalue weighted by molar-refractivity contribution is 0.668. The number of fused-ring (bicyclic) bond motifs is 9. The maximum absolute atomic E-state index is 6.14. The fourth-order valence-corrected chi connectivity index (χ4v) is 6.24. The molecule has 2 heterocycles. The van der Waals surface area contributed by atoms with Crippen LogP contribution in [-0.2, 0) is 0 Å². The van der Waals surface area contributed by atoms with Crippen molar-refractivity contribution >= 4 is 65.4 Å². The van der Waals surface area contributed by atoms with E-state index in [1.54, 1.807) is 0 Å². The van der Waals surface area contributed by atoms with Crippen LogP contribution in [0.1, 0.15) is 0 Å². The van der Waals surface area contributed by atoms with Gasteiger partial charge in [0.05, 0.1) is 0 Å². The zero-order valence-electron chi connectivity index (χ0n) is 21.5. The smallest absolute Gasteiger partial charge is 0.136 e. The summed E-state index contributed by atoms with van der Waals surface area (Å²) in [5, 5.41) is 9.59. The summed E-state index contributed by atoms with van der Waals surface area (Å²) in [5.74, 6) is 0. The molecule has 0 unspecified atom stereocenters. The van der Waals surface area contributed by atoms with Crippen LogP contribution < -0.4 is 0 Å². The first-order valence-corrected chi connectivity index (χ1v) is 13.6. The summed E-state index contributed by atoms with van der Waals surface area (Å²) < 4.78 is 12.3. The molecule has 9 rings (SSSR count). The van der Waals surface area contributed by atoms with Crippen molar-refractivity contribution in [3.63, 3.8) is 0 Å². The normalized spacial score (nSPS) is 12.0. The fourth-order valence-electron chi connectivity index (χ4n) is 6.24. The van der Waals surface area contributed by atoms with Gasteiger partial charge in [-0.05, 0) is 92.3 Å². The van der Waals surface area contributed by atoms with Gasteiger partial charge in [0.15, 0.2) is 0 Å². The highest BCUT2D eigenvalue weighted by Gasteiger charge is 2.11. The molecular weight excluding hydrogens is 488 g/mol. The van der Waals surface area contributed by atoms with Crippen molar-refractivity contribution in [2.24, 2.45) is 0 Å². The lowest BCUT2D eigenvalue weighted by atomic mass is 9.95. The molecule has 0 N–H and O–H groups in total. The maximum Gasteiger partial charge on any atom is 0.136 e. The molecule has 40 heavy (non-hydrogen) atoms. The second-order valence-electron chi connectivity index (χ2n) is 10.6. The zero-order valence-corrected chi connectivity index (χ0v) is 21.5. The Balaban J connectivity index is 1.12. The van der Waals surface area contributed by atoms with Crippen molar-refractivity contribution < 1.29 is 8.83 Å². The molecule has 0 spiro atoms. The molecule has 0 fully saturated rings. The number of para-hydroxylation sites is 2. The third-order valence-electron chi connectivity index (χ3n) is 8.26. The van der Waals surface area contributed by atoms with E-state index in [-0.39, 0.29) is 0 Å². The van der Waals surface area contributed by atoms with Gasteiger partial charge in [-0.1, -0.05) is 84.9 Å². The Hall–Kier alpha value is -5.34. The lowest BCUT2D eigenvalue weighted by Gasteiger charge is -2.09. The molecule has 0 saturated heterocycles. The second kappa shape index (κ2) is 8.08. The first kappa shape index (κ1) is 21.6. The highest BCUT2D eigenvalue weighted by molar-refractivity contribution is 6.11. The first-order chi connectivity index (χ1) is 19.8. The molecule has 9 aromatic rings. The van der Waals surface area contributed by atoms with Gasteiger partial charge in [0.25, 0.3) is 0 Å². The number of hydrogen-bond acceptors (Lipinski definition) is 2. The highest BCUT2D eigenvalue weighted by Crippen LogP contribution is 2.36. The Bertz CT molecular complexity index is 2260. The summed E-state index contributed by atoms with van der Waals surface area (Å²) in [6.45, 7) is 0. The van der Waals surface area contributed by atoms with Crippen LogP contribution in [0.5, 0.6) is 0 Å². The van der Waals surface area contributed by atoms with Crippen molar-refractivity contribution in [1.29, 1.82) is 0 Å². The highest BCUT2D eigenvalue weighted by atomic mass is 16.3. The zero-order chi connectivity index (χ0) is 26.2. The molecule has 0 amide bonds. The van der Waals surface area contributed by atoms with Gasteiger partial charge in [0.1, 0.15) is 22.3 Å². The molecule has 0 aliphatic rings. The molecule has 0 aliphatic carbocycles. The minimum absolute atomic E-state index is 0.922. The van der Waals surface area contributed by atoms with E-state index in [0.717, 1.165) is 55.0 Å². The quantitative estimate of drug-likeness (QED) is 0.216. The topological polar surface area (TPSA) is 26.3 Å². The molecular formula is C38H22O2. The molecule has 2 aromatic heterocycles. The van der Waals surface area contributed by atoms with Crippen LogP contribution in [0.4, 0.5) is 0 Å². The summed E-state index contributed by atoms with van der Waals surface area (Å²) in [5.41, 5.74) is 8.38. The summed E-state index contributed by atoms with van der Waals surface area (Å²) in [7, 11) is 0. The SMILES string of the molecule is c1ccc2c(c1)oc1cc(-c3ccc4c(ccc5cc(-c6ccc7c(c6)oc6ccccc67)ccc54)c3)ccc12. The largest absolute Gasteiger partial charge is 0.456 e. The van der Waals surface area contributed by atoms with Gasteiger partial charge in [-0.25, -0.2) is 0 Å². The fraction of sp³-hybridized carbons (Fsp3) is 0. The van der Waals surface area contributed by atoms with Crippen LogP contribution in [0.2, 0.25) is 0 Å². The first-order valence-electron chi connectivity index (χ1n) is 13.6. The molecule has 186 valence electrons. The van der Waals surface area contributed by atoms with Crippen molar-refractivity contribution in [2.75, 3.05) is 0 Å². The van der Waals surface area contributed by atoms with E-state index in [0.29, 0.717) is 0 Å². The van der Waals surface area contributed by atoms with E-state index in [1.165, 1.54) is 32.7 Å². The van der Waals surface area contributed by atoms with Crippen LogP contribution in [0.3, 0.4) is 0 Å². The molecule has 0 aliphatic heterocycles. The Kier molecular flexibility index (Phi) is 4.36. The van der Waals surface area contributed by atoms with Crippen LogP contribution in [0.25, 0.3) is 87.7 Å². The van der Waals surface area contributed by atoms with Gasteiger partial charge in [0, 0.05) is 21.5 Å². The minimum Gasteiger partial charge on any atom is -0.456 e. The van der Waals surface area contributed by atoms with Crippen molar-refractivity contribution in [1.82, 2.24) is 0 Å². The van der Waals surface area contributed by atoms with Gasteiger partial charge < -0.3 is 8.83 Å². The standard InChI is InChI=1S/C38H22O2/c1-3-7-35-31(5-1)33-17-13-25(21-37(33)39-35)23-11-15-29-27(19-23)9-10-28-20-24(12-16-30(28)29)26-14-18-34-32-6-2-4-8-36(32)40-38(34)22-26/h1-22H. The Morgan fingerprint density at radius 2 is 0.650 bits per heavy atom. The molecule has 0 bridgehead atoms. The second-order valence-corrected chi connectivity index (χ2v) is 10.6. The van der Waals surface area contributed by atoms with E-state index in [4.69, 9.17) is 8.83 Å². The Morgan fingerprint density at radius 1 is 0.275 bits per heavy atom. The van der Waals surface area contributed by atoms with E-state index in [1.807, 2.05) is 24.3 Å². The van der Waals surface area contributed by atoms with E-state index in [9.17, 15) is 0 Å². The average Bonchev–Trinajstić information content (AvgIpc) is 3.57. The average molecular weight is 511 g/mol. The predicted octanol–water partition coefficient (Wildman–Crippen LogP) is 11.1. The van der Waals surface area contributed by atoms with E-state index in [2.05, 4.69) is 109 Å². The van der Waals surface area contributed by atoms with Crippen LogP contribution in [-0.4, -0.2) is 0 Å². The van der Waals surface area contributed by atoms with E-state index >= 15 is 0 Å². The van der Waals surface area contributed by atoms with Gasteiger partial charge >= 0.3 is 0 Å². The van der Waals surface area contributed by atoms with Crippen LogP contribution >= 0.6 is 0 Å². The van der Waals surface area contributed by atoms with Crippen molar-refractivity contribution in [2.45, 2.75) is 0 Å². The summed E-state index contributed by atoms with van der Waals surface area (Å²) in [6.07, 6.45) is 0. The summed E-state index contributed by atoms with van der Waals surface area (Å²) in [6, 6.07) is 47.4. The molecule has 0 atom stereocenters.